The van der Waals surface area contributed by atoms with Gasteiger partial charge in [-0.25, -0.2) is 0 Å². The highest BCUT2D eigenvalue weighted by atomic mass is 15.1. The lowest BCUT2D eigenvalue weighted by Gasteiger charge is -2.29. The summed E-state index contributed by atoms with van der Waals surface area (Å²) >= 11 is 0. The predicted octanol–water partition coefficient (Wildman–Crippen LogP) is 17.5. The number of fused-ring (bicyclic) bond motifs is 3. The van der Waals surface area contributed by atoms with Gasteiger partial charge < -0.3 is 4.90 Å². The zero-order chi connectivity index (χ0) is 42.0. The Morgan fingerprint density at radius 3 is 1.08 bits per heavy atom. The second-order valence-electron chi connectivity index (χ2n) is 16.1. The van der Waals surface area contributed by atoms with E-state index >= 15 is 0 Å². The topological polar surface area (TPSA) is 3.24 Å². The predicted molar refractivity (Wildman–Crippen MR) is 269 cm³/mol. The molecule has 11 rings (SSSR count). The molecule has 0 heterocycles. The van der Waals surface area contributed by atoms with Crippen LogP contribution < -0.4 is 4.90 Å². The molecule has 296 valence electrons. The Labute approximate surface area is 369 Å². The first-order valence-electron chi connectivity index (χ1n) is 21.7. The van der Waals surface area contributed by atoms with Gasteiger partial charge >= 0.3 is 0 Å². The van der Waals surface area contributed by atoms with Gasteiger partial charge in [-0.3, -0.25) is 0 Å². The Morgan fingerprint density at radius 2 is 0.571 bits per heavy atom. The largest absolute Gasteiger partial charge is 0.310 e. The Kier molecular flexibility index (Phi) is 9.97. The molecule has 0 saturated heterocycles. The van der Waals surface area contributed by atoms with Crippen LogP contribution in [0.25, 0.3) is 88.3 Å². The average molecular weight is 802 g/mol. The molecule has 0 fully saturated rings. The fourth-order valence-electron chi connectivity index (χ4n) is 9.31. The van der Waals surface area contributed by atoms with E-state index in [0.717, 1.165) is 28.2 Å². The fraction of sp³-hybridized carbons (Fsp3) is 0. The van der Waals surface area contributed by atoms with Gasteiger partial charge in [-0.2, -0.15) is 0 Å². The van der Waals surface area contributed by atoms with Gasteiger partial charge in [-0.05, 0) is 131 Å². The van der Waals surface area contributed by atoms with E-state index < -0.39 is 0 Å². The zero-order valence-corrected chi connectivity index (χ0v) is 34.8. The van der Waals surface area contributed by atoms with E-state index in [0.29, 0.717) is 0 Å². The summed E-state index contributed by atoms with van der Waals surface area (Å²) in [7, 11) is 0. The molecule has 11 aromatic carbocycles. The number of rotatable bonds is 9. The van der Waals surface area contributed by atoms with Gasteiger partial charge in [0.1, 0.15) is 0 Å². The van der Waals surface area contributed by atoms with E-state index in [9.17, 15) is 0 Å². The monoisotopic (exact) mass is 801 g/mol. The van der Waals surface area contributed by atoms with Crippen molar-refractivity contribution in [2.75, 3.05) is 4.90 Å². The van der Waals surface area contributed by atoms with Crippen LogP contribution in [0.4, 0.5) is 17.1 Å². The molecule has 0 spiro atoms. The normalized spacial score (nSPS) is 11.2. The lowest BCUT2D eigenvalue weighted by atomic mass is 9.85. The molecule has 0 N–H and O–H groups in total. The van der Waals surface area contributed by atoms with Crippen molar-refractivity contribution in [3.05, 3.63) is 261 Å². The molecule has 11 aromatic rings. The summed E-state index contributed by atoms with van der Waals surface area (Å²) < 4.78 is 0. The first-order chi connectivity index (χ1) is 31.3. The van der Waals surface area contributed by atoms with Gasteiger partial charge in [-0.15, -0.1) is 0 Å². The molecule has 0 aliphatic heterocycles. The molecular weight excluding hydrogens is 759 g/mol. The van der Waals surface area contributed by atoms with E-state index in [1.807, 2.05) is 0 Å². The molecule has 0 bridgehead atoms. The Morgan fingerprint density at radius 1 is 0.190 bits per heavy atom. The van der Waals surface area contributed by atoms with Crippen molar-refractivity contribution in [3.8, 4) is 66.8 Å². The Hall–Kier alpha value is -8.26. The first-order valence-corrected chi connectivity index (χ1v) is 21.7. The summed E-state index contributed by atoms with van der Waals surface area (Å²) in [4.78, 5) is 2.46. The van der Waals surface area contributed by atoms with Crippen LogP contribution in [0.1, 0.15) is 0 Å². The third kappa shape index (κ3) is 7.26. The molecular formula is C62H43N. The minimum absolute atomic E-state index is 1.07. The van der Waals surface area contributed by atoms with E-state index in [1.54, 1.807) is 0 Å². The molecule has 63 heavy (non-hydrogen) atoms. The number of benzene rings is 11. The van der Waals surface area contributed by atoms with Crippen molar-refractivity contribution < 1.29 is 0 Å². The van der Waals surface area contributed by atoms with Crippen molar-refractivity contribution in [3.63, 3.8) is 0 Å². The summed E-state index contributed by atoms with van der Waals surface area (Å²) in [6, 6.07) is 94.8. The van der Waals surface area contributed by atoms with Crippen LogP contribution in [0.5, 0.6) is 0 Å². The van der Waals surface area contributed by atoms with Crippen LogP contribution in [0, 0.1) is 0 Å². The third-order valence-electron chi connectivity index (χ3n) is 12.2. The molecule has 0 aliphatic carbocycles. The van der Waals surface area contributed by atoms with Crippen molar-refractivity contribution in [1.82, 2.24) is 0 Å². The average Bonchev–Trinajstić information content (AvgIpc) is 3.37. The zero-order valence-electron chi connectivity index (χ0n) is 34.8. The van der Waals surface area contributed by atoms with E-state index in [1.165, 1.54) is 77.2 Å². The maximum Gasteiger partial charge on any atom is 0.0473 e. The van der Waals surface area contributed by atoms with Crippen LogP contribution in [-0.2, 0) is 0 Å². The lowest BCUT2D eigenvalue weighted by molar-refractivity contribution is 1.29. The number of hydrogen-bond donors (Lipinski definition) is 0. The molecule has 0 saturated carbocycles. The molecule has 0 radical (unpaired) electrons. The van der Waals surface area contributed by atoms with E-state index in [2.05, 4.69) is 266 Å². The molecule has 0 aliphatic rings. The van der Waals surface area contributed by atoms with Crippen molar-refractivity contribution in [1.29, 1.82) is 0 Å². The van der Waals surface area contributed by atoms with Crippen LogP contribution in [-0.4, -0.2) is 0 Å². The molecule has 1 nitrogen and oxygen atoms in total. The van der Waals surface area contributed by atoms with Gasteiger partial charge in [0.2, 0.25) is 0 Å². The summed E-state index contributed by atoms with van der Waals surface area (Å²) in [6.45, 7) is 0. The van der Waals surface area contributed by atoms with Crippen LogP contribution >= 0.6 is 0 Å². The summed E-state index contributed by atoms with van der Waals surface area (Å²) in [6.07, 6.45) is 0. The van der Waals surface area contributed by atoms with Gasteiger partial charge in [0.25, 0.3) is 0 Å². The summed E-state index contributed by atoms with van der Waals surface area (Å²) in [5.74, 6) is 0. The van der Waals surface area contributed by atoms with Gasteiger partial charge in [0.05, 0.1) is 0 Å². The van der Waals surface area contributed by atoms with Crippen LogP contribution in [0.15, 0.2) is 261 Å². The SMILES string of the molecule is c1ccc(-c2cc(-c3ccccc3)cc(N(c3ccc(-c4ccccc4)c(-c4ccccc4)c3)c3ccc4c(-c5ccccc5)c(-c5ccccc5)c5ccccc5c4c3)c2)cc1. The van der Waals surface area contributed by atoms with Crippen molar-refractivity contribution in [2.45, 2.75) is 0 Å². The van der Waals surface area contributed by atoms with Crippen molar-refractivity contribution >= 4 is 38.6 Å². The summed E-state index contributed by atoms with van der Waals surface area (Å²) in [5, 5.41) is 4.88. The maximum atomic E-state index is 2.46. The number of anilines is 3. The second-order valence-corrected chi connectivity index (χ2v) is 16.1. The Balaban J connectivity index is 1.22. The van der Waals surface area contributed by atoms with Crippen LogP contribution in [0.2, 0.25) is 0 Å². The third-order valence-corrected chi connectivity index (χ3v) is 12.2. The van der Waals surface area contributed by atoms with Gasteiger partial charge in [0.15, 0.2) is 0 Å². The molecule has 0 unspecified atom stereocenters. The molecule has 1 heteroatoms. The van der Waals surface area contributed by atoms with Crippen molar-refractivity contribution in [2.24, 2.45) is 0 Å². The molecule has 0 aromatic heterocycles. The number of nitrogens with zero attached hydrogens (tertiary/aromatic N) is 1. The van der Waals surface area contributed by atoms with E-state index in [-0.39, 0.29) is 0 Å². The maximum absolute atomic E-state index is 2.46. The van der Waals surface area contributed by atoms with E-state index in [4.69, 9.17) is 0 Å². The fourth-order valence-corrected chi connectivity index (χ4v) is 9.31. The van der Waals surface area contributed by atoms with Gasteiger partial charge in [-0.1, -0.05) is 218 Å². The minimum atomic E-state index is 1.07. The second kappa shape index (κ2) is 16.7. The standard InChI is InChI=1S/C62H43N/c1-7-21-44(22-8-1)50-39-51(45-23-9-2-10-24-45)41-54(40-50)63(52-35-37-55(46-25-11-3-12-26-46)59(42-52)47-27-13-4-14-28-47)53-36-38-58-60(43-53)56-33-19-20-34-57(56)61(48-29-15-5-16-30-48)62(58)49-31-17-6-18-32-49/h1-43H. The smallest absolute Gasteiger partial charge is 0.0473 e. The molecule has 0 atom stereocenters. The highest BCUT2D eigenvalue weighted by Crippen LogP contribution is 2.48. The quantitative estimate of drug-likeness (QED) is 0.131. The lowest BCUT2D eigenvalue weighted by Crippen LogP contribution is -2.11. The minimum Gasteiger partial charge on any atom is -0.310 e. The number of hydrogen-bond acceptors (Lipinski definition) is 1. The highest BCUT2D eigenvalue weighted by molar-refractivity contribution is 6.22. The first kappa shape index (κ1) is 37.7. The van der Waals surface area contributed by atoms with Gasteiger partial charge in [0, 0.05) is 17.1 Å². The summed E-state index contributed by atoms with van der Waals surface area (Å²) in [5.41, 5.74) is 17.5. The Bertz CT molecular complexity index is 3290. The highest BCUT2D eigenvalue weighted by Gasteiger charge is 2.22. The molecule has 0 amide bonds. The van der Waals surface area contributed by atoms with Crippen LogP contribution in [0.3, 0.4) is 0 Å².